The van der Waals surface area contributed by atoms with Gasteiger partial charge in [0.25, 0.3) is 0 Å². The molecule has 2 aromatic heterocycles. The van der Waals surface area contributed by atoms with Crippen molar-refractivity contribution in [2.75, 3.05) is 36.8 Å². The van der Waals surface area contributed by atoms with Crippen molar-refractivity contribution in [1.29, 1.82) is 0 Å². The predicted octanol–water partition coefficient (Wildman–Crippen LogP) is 6.57. The fourth-order valence-electron chi connectivity index (χ4n) is 6.05. The van der Waals surface area contributed by atoms with Crippen LogP contribution in [0.1, 0.15) is 39.5 Å². The molecule has 1 aliphatic heterocycles. The molecule has 9 nitrogen and oxygen atoms in total. The number of hydrogen-bond donors (Lipinski definition) is 2. The number of urea groups is 1. The molecule has 3 aromatic carbocycles. The number of aromatic nitrogens is 4. The molecule has 0 aliphatic carbocycles. The van der Waals surface area contributed by atoms with Crippen molar-refractivity contribution < 1.29 is 4.79 Å². The quantitative estimate of drug-likeness (QED) is 0.183. The second-order valence-corrected chi connectivity index (χ2v) is 11.3. The zero-order valence-corrected chi connectivity index (χ0v) is 25.0. The van der Waals surface area contributed by atoms with Crippen LogP contribution in [-0.2, 0) is 0 Å². The molecule has 9 heteroatoms. The maximum atomic E-state index is 13.6. The Morgan fingerprint density at radius 1 is 0.953 bits per heavy atom. The van der Waals surface area contributed by atoms with Crippen LogP contribution in [0.25, 0.3) is 27.6 Å². The number of amides is 2. The molecule has 0 bridgehead atoms. The van der Waals surface area contributed by atoms with Gasteiger partial charge in [0.15, 0.2) is 0 Å². The number of para-hydroxylation sites is 2. The molecule has 1 aliphatic rings. The Labute approximate surface area is 253 Å². The fourth-order valence-corrected chi connectivity index (χ4v) is 6.05. The molecule has 2 N–H and O–H groups in total. The Balaban J connectivity index is 1.18. The number of unbranched alkanes of at least 4 members (excludes halogenated alkanes) is 3. The lowest BCUT2D eigenvalue weighted by atomic mass is 10.0. The molecule has 1 fully saturated rings. The van der Waals surface area contributed by atoms with E-state index in [0.717, 1.165) is 52.8 Å². The first kappa shape index (κ1) is 28.6. The van der Waals surface area contributed by atoms with E-state index < -0.39 is 0 Å². The molecule has 1 saturated heterocycles. The van der Waals surface area contributed by atoms with E-state index in [1.807, 2.05) is 64.1 Å². The maximum Gasteiger partial charge on any atom is 0.321 e. The number of benzene rings is 3. The van der Waals surface area contributed by atoms with Crippen LogP contribution in [0.2, 0.25) is 0 Å². The molecule has 0 spiro atoms. The Bertz CT molecular complexity index is 1680. The second-order valence-electron chi connectivity index (χ2n) is 11.3. The number of carbonyl (C=O) groups excluding carboxylic acids is 1. The van der Waals surface area contributed by atoms with Gasteiger partial charge in [-0.3, -0.25) is 9.47 Å². The Kier molecular flexibility index (Phi) is 8.79. The summed E-state index contributed by atoms with van der Waals surface area (Å²) in [6, 6.07) is 24.1. The lowest BCUT2D eigenvalue weighted by molar-refractivity contribution is 0.0844. The first-order valence-electron chi connectivity index (χ1n) is 15.4. The normalized spacial score (nSPS) is 16.4. The van der Waals surface area contributed by atoms with Crippen molar-refractivity contribution in [1.82, 2.24) is 29.3 Å². The van der Waals surface area contributed by atoms with E-state index in [1.54, 1.807) is 12.5 Å². The number of nitrogens with zero attached hydrogens (tertiary/aromatic N) is 6. The van der Waals surface area contributed by atoms with Crippen LogP contribution in [0.5, 0.6) is 0 Å². The number of fused-ring (bicyclic) bond motifs is 2. The summed E-state index contributed by atoms with van der Waals surface area (Å²) in [5.41, 5.74) is 2.76. The van der Waals surface area contributed by atoms with E-state index >= 15 is 0 Å². The van der Waals surface area contributed by atoms with Gasteiger partial charge in [0, 0.05) is 43.3 Å². The molecule has 222 valence electrons. The van der Waals surface area contributed by atoms with Gasteiger partial charge < -0.3 is 15.5 Å². The summed E-state index contributed by atoms with van der Waals surface area (Å²) in [6.45, 7) is 7.55. The van der Waals surface area contributed by atoms with Crippen molar-refractivity contribution in [3.8, 4) is 5.82 Å². The molecule has 0 unspecified atom stereocenters. The minimum Gasteiger partial charge on any atom is -0.350 e. The number of nitrogens with one attached hydrogen (secondary N) is 2. The predicted molar refractivity (Wildman–Crippen MR) is 174 cm³/mol. The van der Waals surface area contributed by atoms with Crippen molar-refractivity contribution in [2.24, 2.45) is 0 Å². The molecule has 0 radical (unpaired) electrons. The monoisotopic (exact) mass is 576 g/mol. The highest BCUT2D eigenvalue weighted by molar-refractivity contribution is 6.01. The van der Waals surface area contributed by atoms with Crippen LogP contribution in [-0.4, -0.2) is 73.6 Å². The van der Waals surface area contributed by atoms with Crippen molar-refractivity contribution in [3.63, 3.8) is 0 Å². The summed E-state index contributed by atoms with van der Waals surface area (Å²) in [4.78, 5) is 31.9. The average Bonchev–Trinajstić information content (AvgIpc) is 3.48. The van der Waals surface area contributed by atoms with Crippen LogP contribution < -0.4 is 10.6 Å². The number of anilines is 2. The zero-order chi connectivity index (χ0) is 29.6. The van der Waals surface area contributed by atoms with E-state index in [-0.39, 0.29) is 18.1 Å². The number of rotatable bonds is 10. The highest BCUT2D eigenvalue weighted by atomic mass is 16.2. The highest BCUT2D eigenvalue weighted by Crippen LogP contribution is 2.25. The molecular weight excluding hydrogens is 536 g/mol. The van der Waals surface area contributed by atoms with Crippen LogP contribution in [0.4, 0.5) is 16.4 Å². The first-order valence-corrected chi connectivity index (χ1v) is 15.4. The summed E-state index contributed by atoms with van der Waals surface area (Å²) < 4.78 is 1.98. The van der Waals surface area contributed by atoms with Crippen LogP contribution in [0.3, 0.4) is 0 Å². The van der Waals surface area contributed by atoms with Gasteiger partial charge in [-0.05, 0) is 49.5 Å². The summed E-state index contributed by atoms with van der Waals surface area (Å²) in [5.74, 6) is 1.32. The molecule has 43 heavy (non-hydrogen) atoms. The smallest absolute Gasteiger partial charge is 0.321 e. The van der Waals surface area contributed by atoms with Crippen molar-refractivity contribution >= 4 is 39.5 Å². The van der Waals surface area contributed by atoms with E-state index in [2.05, 4.69) is 57.5 Å². The van der Waals surface area contributed by atoms with E-state index in [9.17, 15) is 4.79 Å². The standard InChI is InChI=1S/C34H40N8O/c1-3-4-5-10-20-40-21-22-41(34(43)38-28-16-11-13-26-12-6-7-14-27(26)28)23-31(40)25(2)37-33-35-19-18-32(39-33)42-24-36-29-15-8-9-17-30(29)42/h6-9,11-19,24-25,31H,3-5,10,20-23H2,1-2H3,(H,38,43)(H,35,37,39)/t25-,31+/m0/s1. The van der Waals surface area contributed by atoms with Crippen molar-refractivity contribution in [3.05, 3.63) is 85.3 Å². The SMILES string of the molecule is CCCCCCN1CCN(C(=O)Nc2cccc3ccccc23)C[C@@H]1[C@H](C)Nc1nccc(-n2cnc3ccccc32)n1. The molecule has 2 amide bonds. The maximum absolute atomic E-state index is 13.6. The van der Waals surface area contributed by atoms with Crippen LogP contribution in [0, 0.1) is 0 Å². The second kappa shape index (κ2) is 13.2. The molecule has 5 aromatic rings. The fraction of sp³-hybridized carbons (Fsp3) is 0.353. The van der Waals surface area contributed by atoms with Gasteiger partial charge >= 0.3 is 6.03 Å². The number of carbonyl (C=O) groups is 1. The van der Waals surface area contributed by atoms with Gasteiger partial charge in [-0.1, -0.05) is 74.7 Å². The van der Waals surface area contributed by atoms with E-state index in [0.29, 0.717) is 19.0 Å². The molecule has 2 atom stereocenters. The zero-order valence-electron chi connectivity index (χ0n) is 25.0. The number of hydrogen-bond acceptors (Lipinski definition) is 6. The van der Waals surface area contributed by atoms with Crippen LogP contribution >= 0.6 is 0 Å². The summed E-state index contributed by atoms with van der Waals surface area (Å²) in [5, 5.41) is 8.92. The van der Waals surface area contributed by atoms with Gasteiger partial charge in [-0.15, -0.1) is 0 Å². The topological polar surface area (TPSA) is 91.2 Å². The first-order chi connectivity index (χ1) is 21.1. The Morgan fingerprint density at radius 3 is 2.70 bits per heavy atom. The summed E-state index contributed by atoms with van der Waals surface area (Å²) in [7, 11) is 0. The minimum atomic E-state index is -0.0654. The Hall–Kier alpha value is -4.50. The van der Waals surface area contributed by atoms with Gasteiger partial charge in [0.2, 0.25) is 5.95 Å². The minimum absolute atomic E-state index is 0.00844. The lowest BCUT2D eigenvalue weighted by Crippen LogP contribution is -2.60. The number of piperazine rings is 1. The molecule has 3 heterocycles. The summed E-state index contributed by atoms with van der Waals surface area (Å²) >= 11 is 0. The van der Waals surface area contributed by atoms with Gasteiger partial charge in [0.1, 0.15) is 12.1 Å². The summed E-state index contributed by atoms with van der Waals surface area (Å²) in [6.07, 6.45) is 8.40. The third kappa shape index (κ3) is 6.46. The lowest BCUT2D eigenvalue weighted by Gasteiger charge is -2.44. The molecule has 6 rings (SSSR count). The van der Waals surface area contributed by atoms with Gasteiger partial charge in [-0.2, -0.15) is 4.98 Å². The number of imidazole rings is 1. The van der Waals surface area contributed by atoms with E-state index in [1.165, 1.54) is 19.3 Å². The third-order valence-corrected chi connectivity index (χ3v) is 8.43. The molecule has 0 saturated carbocycles. The van der Waals surface area contributed by atoms with Crippen LogP contribution in [0.15, 0.2) is 85.3 Å². The third-order valence-electron chi connectivity index (χ3n) is 8.43. The Morgan fingerprint density at radius 2 is 1.79 bits per heavy atom. The average molecular weight is 577 g/mol. The van der Waals surface area contributed by atoms with Crippen molar-refractivity contribution in [2.45, 2.75) is 51.6 Å². The van der Waals surface area contributed by atoms with E-state index in [4.69, 9.17) is 4.98 Å². The highest BCUT2D eigenvalue weighted by Gasteiger charge is 2.33. The van der Waals surface area contributed by atoms with Gasteiger partial charge in [0.05, 0.1) is 16.7 Å². The van der Waals surface area contributed by atoms with Gasteiger partial charge in [-0.25, -0.2) is 14.8 Å². The largest absolute Gasteiger partial charge is 0.350 e. The molecular formula is C34H40N8O.